The lowest BCUT2D eigenvalue weighted by atomic mass is 10.2. The lowest BCUT2D eigenvalue weighted by Gasteiger charge is -1.98. The molecule has 0 aliphatic heterocycles. The number of hydrogen-bond donors (Lipinski definition) is 1. The highest BCUT2D eigenvalue weighted by atomic mass is 32.1. The second-order valence-electron chi connectivity index (χ2n) is 4.16. The minimum Gasteiger partial charge on any atom is -0.316 e. The Kier molecular flexibility index (Phi) is 4.93. The van der Waals surface area contributed by atoms with E-state index in [1.54, 1.807) is 0 Å². The number of nitrogens with one attached hydrogen (secondary N) is 1. The van der Waals surface area contributed by atoms with E-state index in [0.717, 1.165) is 37.0 Å². The van der Waals surface area contributed by atoms with E-state index in [9.17, 15) is 8.78 Å². The molecular formula is C13H15F2N3S. The van der Waals surface area contributed by atoms with Crippen LogP contribution in [0.3, 0.4) is 0 Å². The Morgan fingerprint density at radius 1 is 1.11 bits per heavy atom. The first-order valence-corrected chi connectivity index (χ1v) is 7.00. The van der Waals surface area contributed by atoms with Crippen LogP contribution in [0.15, 0.2) is 18.2 Å². The highest BCUT2D eigenvalue weighted by Gasteiger charge is 2.09. The van der Waals surface area contributed by atoms with E-state index in [0.29, 0.717) is 10.6 Å². The summed E-state index contributed by atoms with van der Waals surface area (Å²) < 4.78 is 26.2. The van der Waals surface area contributed by atoms with Crippen LogP contribution in [0, 0.1) is 11.6 Å². The number of halogens is 2. The Morgan fingerprint density at radius 3 is 2.53 bits per heavy atom. The predicted octanol–water partition coefficient (Wildman–Crippen LogP) is 3.03. The maximum atomic E-state index is 13.1. The lowest BCUT2D eigenvalue weighted by molar-refractivity contribution is 0.584. The molecule has 0 saturated heterocycles. The third-order valence-corrected chi connectivity index (χ3v) is 3.55. The zero-order chi connectivity index (χ0) is 13.7. The summed E-state index contributed by atoms with van der Waals surface area (Å²) in [7, 11) is 0. The van der Waals surface area contributed by atoms with Crippen molar-refractivity contribution in [1.29, 1.82) is 0 Å². The van der Waals surface area contributed by atoms with Crippen molar-refractivity contribution in [2.45, 2.75) is 19.8 Å². The summed E-state index contributed by atoms with van der Waals surface area (Å²) in [6, 6.07) is 3.38. The summed E-state index contributed by atoms with van der Waals surface area (Å²) in [5.74, 6) is -1.20. The zero-order valence-electron chi connectivity index (χ0n) is 10.6. The summed E-state index contributed by atoms with van der Waals surface area (Å²) in [4.78, 5) is 0. The predicted molar refractivity (Wildman–Crippen MR) is 72.1 cm³/mol. The molecule has 1 N–H and O–H groups in total. The van der Waals surface area contributed by atoms with Gasteiger partial charge in [-0.1, -0.05) is 18.3 Å². The third kappa shape index (κ3) is 4.04. The molecule has 0 aliphatic carbocycles. The molecule has 3 nitrogen and oxygen atoms in total. The number of hydrogen-bond acceptors (Lipinski definition) is 4. The Morgan fingerprint density at radius 2 is 1.84 bits per heavy atom. The van der Waals surface area contributed by atoms with Crippen molar-refractivity contribution in [3.05, 3.63) is 34.8 Å². The summed E-state index contributed by atoms with van der Waals surface area (Å²) >= 11 is 1.37. The standard InChI is InChI=1S/C13H15F2N3S/c1-2-4-16-5-3-12-17-18-13(19-12)9-6-10(14)8-11(15)7-9/h6-8,16H,2-5H2,1H3. The lowest BCUT2D eigenvalue weighted by Crippen LogP contribution is -2.17. The van der Waals surface area contributed by atoms with Crippen LogP contribution in [-0.4, -0.2) is 23.3 Å². The van der Waals surface area contributed by atoms with Gasteiger partial charge in [-0.25, -0.2) is 8.78 Å². The van der Waals surface area contributed by atoms with Gasteiger partial charge in [-0.15, -0.1) is 10.2 Å². The van der Waals surface area contributed by atoms with Gasteiger partial charge in [-0.05, 0) is 25.1 Å². The Hall–Kier alpha value is -1.40. The molecule has 0 fully saturated rings. The molecule has 0 unspecified atom stereocenters. The van der Waals surface area contributed by atoms with E-state index >= 15 is 0 Å². The van der Waals surface area contributed by atoms with Crippen LogP contribution in [0.5, 0.6) is 0 Å². The topological polar surface area (TPSA) is 37.8 Å². The van der Waals surface area contributed by atoms with Crippen molar-refractivity contribution >= 4 is 11.3 Å². The molecule has 2 aromatic rings. The highest BCUT2D eigenvalue weighted by Crippen LogP contribution is 2.25. The van der Waals surface area contributed by atoms with Gasteiger partial charge in [-0.2, -0.15) is 0 Å². The van der Waals surface area contributed by atoms with Crippen molar-refractivity contribution in [2.75, 3.05) is 13.1 Å². The maximum absolute atomic E-state index is 13.1. The fourth-order valence-electron chi connectivity index (χ4n) is 1.65. The van der Waals surface area contributed by atoms with E-state index in [2.05, 4.69) is 22.4 Å². The molecule has 2 rings (SSSR count). The second kappa shape index (κ2) is 6.68. The Balaban J connectivity index is 2.03. The molecule has 1 aromatic carbocycles. The SMILES string of the molecule is CCCNCCc1nnc(-c2cc(F)cc(F)c2)s1. The summed E-state index contributed by atoms with van der Waals surface area (Å²) in [5, 5.41) is 12.7. The molecule has 0 spiro atoms. The van der Waals surface area contributed by atoms with Crippen LogP contribution in [-0.2, 0) is 6.42 Å². The van der Waals surface area contributed by atoms with Crippen LogP contribution in [0.1, 0.15) is 18.4 Å². The van der Waals surface area contributed by atoms with E-state index < -0.39 is 11.6 Å². The molecule has 1 heterocycles. The van der Waals surface area contributed by atoms with Gasteiger partial charge in [0.1, 0.15) is 21.6 Å². The van der Waals surface area contributed by atoms with E-state index in [-0.39, 0.29) is 0 Å². The monoisotopic (exact) mass is 283 g/mol. The Bertz CT molecular complexity index is 522. The average molecular weight is 283 g/mol. The first-order chi connectivity index (χ1) is 9.19. The zero-order valence-corrected chi connectivity index (χ0v) is 11.4. The van der Waals surface area contributed by atoms with Crippen LogP contribution in [0.4, 0.5) is 8.78 Å². The molecule has 102 valence electrons. The summed E-state index contributed by atoms with van der Waals surface area (Å²) in [6.45, 7) is 3.91. The number of aromatic nitrogens is 2. The highest BCUT2D eigenvalue weighted by molar-refractivity contribution is 7.14. The van der Waals surface area contributed by atoms with Crippen LogP contribution in [0.25, 0.3) is 10.6 Å². The van der Waals surface area contributed by atoms with Crippen LogP contribution >= 0.6 is 11.3 Å². The van der Waals surface area contributed by atoms with Crippen LogP contribution in [0.2, 0.25) is 0 Å². The Labute approximate surface area is 114 Å². The van der Waals surface area contributed by atoms with E-state index in [1.165, 1.54) is 23.5 Å². The van der Waals surface area contributed by atoms with E-state index in [1.807, 2.05) is 0 Å². The molecule has 0 saturated carbocycles. The van der Waals surface area contributed by atoms with Gasteiger partial charge < -0.3 is 5.32 Å². The molecule has 0 radical (unpaired) electrons. The van der Waals surface area contributed by atoms with Gasteiger partial charge in [-0.3, -0.25) is 0 Å². The van der Waals surface area contributed by atoms with Crippen molar-refractivity contribution in [3.8, 4) is 10.6 Å². The molecule has 19 heavy (non-hydrogen) atoms. The largest absolute Gasteiger partial charge is 0.316 e. The number of nitrogens with zero attached hydrogens (tertiary/aromatic N) is 2. The van der Waals surface area contributed by atoms with Crippen molar-refractivity contribution in [1.82, 2.24) is 15.5 Å². The molecule has 0 atom stereocenters. The fourth-order valence-corrected chi connectivity index (χ4v) is 2.47. The second-order valence-corrected chi connectivity index (χ2v) is 5.22. The number of benzene rings is 1. The van der Waals surface area contributed by atoms with Gasteiger partial charge in [0.15, 0.2) is 0 Å². The maximum Gasteiger partial charge on any atom is 0.148 e. The average Bonchev–Trinajstić information content (AvgIpc) is 2.82. The van der Waals surface area contributed by atoms with Gasteiger partial charge in [0.2, 0.25) is 0 Å². The molecule has 0 bridgehead atoms. The summed E-state index contributed by atoms with van der Waals surface area (Å²) in [5.41, 5.74) is 0.433. The van der Waals surface area contributed by atoms with Crippen molar-refractivity contribution in [3.63, 3.8) is 0 Å². The van der Waals surface area contributed by atoms with Crippen molar-refractivity contribution < 1.29 is 8.78 Å². The quantitative estimate of drug-likeness (QED) is 0.828. The normalized spacial score (nSPS) is 10.9. The van der Waals surface area contributed by atoms with Gasteiger partial charge in [0.05, 0.1) is 0 Å². The van der Waals surface area contributed by atoms with Gasteiger partial charge in [0, 0.05) is 24.6 Å². The fraction of sp³-hybridized carbons (Fsp3) is 0.385. The van der Waals surface area contributed by atoms with Crippen molar-refractivity contribution in [2.24, 2.45) is 0 Å². The van der Waals surface area contributed by atoms with Gasteiger partial charge in [0.25, 0.3) is 0 Å². The van der Waals surface area contributed by atoms with Crippen LogP contribution < -0.4 is 5.32 Å². The summed E-state index contributed by atoms with van der Waals surface area (Å²) in [6.07, 6.45) is 1.86. The minimum atomic E-state index is -0.601. The molecule has 0 aliphatic rings. The van der Waals surface area contributed by atoms with E-state index in [4.69, 9.17) is 0 Å². The first-order valence-electron chi connectivity index (χ1n) is 6.18. The van der Waals surface area contributed by atoms with Gasteiger partial charge >= 0.3 is 0 Å². The molecular weight excluding hydrogens is 268 g/mol. The third-order valence-electron chi connectivity index (χ3n) is 2.52. The molecule has 6 heteroatoms. The number of rotatable bonds is 6. The first kappa shape index (κ1) is 14.0. The molecule has 1 aromatic heterocycles. The molecule has 0 amide bonds. The minimum absolute atomic E-state index is 0.433. The smallest absolute Gasteiger partial charge is 0.148 e.